The molecule has 0 unspecified atom stereocenters. The number of aromatic amines is 1. The number of aromatic nitrogens is 2. The van der Waals surface area contributed by atoms with Gasteiger partial charge in [0.1, 0.15) is 0 Å². The van der Waals surface area contributed by atoms with Crippen molar-refractivity contribution in [1.29, 1.82) is 0 Å². The molecule has 0 aliphatic carbocycles. The lowest BCUT2D eigenvalue weighted by Crippen LogP contribution is -2.29. The van der Waals surface area contributed by atoms with E-state index in [9.17, 15) is 4.79 Å². The van der Waals surface area contributed by atoms with E-state index in [0.717, 1.165) is 24.3 Å². The first-order valence-corrected chi connectivity index (χ1v) is 4.18. The molecule has 4 heteroatoms. The van der Waals surface area contributed by atoms with Gasteiger partial charge in [-0.1, -0.05) is 6.92 Å². The third-order valence-electron chi connectivity index (χ3n) is 2.47. The predicted molar refractivity (Wildman–Crippen MR) is 46.2 cm³/mol. The van der Waals surface area contributed by atoms with Crippen LogP contribution in [0, 0.1) is 0 Å². The highest BCUT2D eigenvalue weighted by molar-refractivity contribution is 5.24. The molecule has 0 aromatic carbocycles. The molecular weight excluding hydrogens is 154 g/mol. The van der Waals surface area contributed by atoms with Crippen LogP contribution in [0.2, 0.25) is 0 Å². The van der Waals surface area contributed by atoms with Crippen LogP contribution in [-0.2, 0) is 13.6 Å². The second kappa shape index (κ2) is 2.48. The van der Waals surface area contributed by atoms with Gasteiger partial charge in [0, 0.05) is 31.6 Å². The molecule has 2 heterocycles. The summed E-state index contributed by atoms with van der Waals surface area (Å²) in [6.07, 6.45) is 0. The van der Waals surface area contributed by atoms with Crippen molar-refractivity contribution in [2.75, 3.05) is 6.54 Å². The third kappa shape index (κ3) is 0.914. The standard InChI is InChI=1S/C8H13N3O/c1-5-3-9-4-6-7(5)8(12)10-11(6)2/h5,9H,3-4H2,1-2H3,(H,10,12)/t5-/m0/s1. The summed E-state index contributed by atoms with van der Waals surface area (Å²) in [6, 6.07) is 0. The van der Waals surface area contributed by atoms with E-state index in [1.54, 1.807) is 4.68 Å². The van der Waals surface area contributed by atoms with Crippen LogP contribution < -0.4 is 10.9 Å². The Balaban J connectivity index is 2.63. The number of hydrogen-bond donors (Lipinski definition) is 2. The number of H-pyrrole nitrogens is 1. The molecule has 1 aliphatic rings. The second-order valence-electron chi connectivity index (χ2n) is 3.39. The van der Waals surface area contributed by atoms with Gasteiger partial charge in [0.05, 0.1) is 5.69 Å². The number of nitrogens with zero attached hydrogens (tertiary/aromatic N) is 1. The second-order valence-corrected chi connectivity index (χ2v) is 3.39. The first-order chi connectivity index (χ1) is 5.70. The van der Waals surface area contributed by atoms with Crippen LogP contribution in [0.1, 0.15) is 24.1 Å². The smallest absolute Gasteiger partial charge is 0.267 e. The highest BCUT2D eigenvalue weighted by Crippen LogP contribution is 2.18. The lowest BCUT2D eigenvalue weighted by Gasteiger charge is -2.19. The van der Waals surface area contributed by atoms with Gasteiger partial charge in [-0.05, 0) is 0 Å². The maximum absolute atomic E-state index is 11.4. The fourth-order valence-corrected chi connectivity index (χ4v) is 1.82. The van der Waals surface area contributed by atoms with Crippen molar-refractivity contribution in [2.45, 2.75) is 19.4 Å². The molecule has 1 aliphatic heterocycles. The quantitative estimate of drug-likeness (QED) is 0.568. The highest BCUT2D eigenvalue weighted by Gasteiger charge is 2.22. The maximum Gasteiger partial charge on any atom is 0.267 e. The minimum Gasteiger partial charge on any atom is -0.311 e. The molecule has 12 heavy (non-hydrogen) atoms. The maximum atomic E-state index is 11.4. The summed E-state index contributed by atoms with van der Waals surface area (Å²) < 4.78 is 1.81. The number of aryl methyl sites for hydroxylation is 1. The van der Waals surface area contributed by atoms with E-state index >= 15 is 0 Å². The van der Waals surface area contributed by atoms with Crippen molar-refractivity contribution >= 4 is 0 Å². The van der Waals surface area contributed by atoms with E-state index in [1.807, 2.05) is 7.05 Å². The van der Waals surface area contributed by atoms with Gasteiger partial charge in [-0.15, -0.1) is 0 Å². The van der Waals surface area contributed by atoms with Crippen LogP contribution >= 0.6 is 0 Å². The SMILES string of the molecule is C[C@H]1CNCc2c1c(=O)[nH]n2C. The van der Waals surface area contributed by atoms with Gasteiger partial charge in [0.2, 0.25) is 0 Å². The van der Waals surface area contributed by atoms with Crippen molar-refractivity contribution in [2.24, 2.45) is 7.05 Å². The molecule has 0 saturated carbocycles. The van der Waals surface area contributed by atoms with Gasteiger partial charge in [0.25, 0.3) is 5.56 Å². The number of nitrogens with one attached hydrogen (secondary N) is 2. The van der Waals surface area contributed by atoms with Gasteiger partial charge < -0.3 is 5.32 Å². The Morgan fingerprint density at radius 2 is 2.33 bits per heavy atom. The van der Waals surface area contributed by atoms with Crippen molar-refractivity contribution in [3.8, 4) is 0 Å². The molecule has 2 N–H and O–H groups in total. The number of rotatable bonds is 0. The summed E-state index contributed by atoms with van der Waals surface area (Å²) in [7, 11) is 1.87. The normalized spacial score (nSPS) is 22.3. The summed E-state index contributed by atoms with van der Waals surface area (Å²) in [5, 5.41) is 6.03. The summed E-state index contributed by atoms with van der Waals surface area (Å²) in [4.78, 5) is 11.4. The van der Waals surface area contributed by atoms with Crippen LogP contribution in [-0.4, -0.2) is 16.3 Å². The fourth-order valence-electron chi connectivity index (χ4n) is 1.82. The lowest BCUT2D eigenvalue weighted by molar-refractivity contribution is 0.542. The zero-order valence-corrected chi connectivity index (χ0v) is 7.35. The molecule has 0 amide bonds. The average Bonchev–Trinajstić information content (AvgIpc) is 2.29. The zero-order valence-electron chi connectivity index (χ0n) is 7.35. The molecule has 2 rings (SSSR count). The van der Waals surface area contributed by atoms with Gasteiger partial charge in [-0.25, -0.2) is 0 Å². The van der Waals surface area contributed by atoms with Crippen LogP contribution in [0.25, 0.3) is 0 Å². The first kappa shape index (κ1) is 7.61. The number of hydrogen-bond acceptors (Lipinski definition) is 2. The molecule has 0 spiro atoms. The van der Waals surface area contributed by atoms with Crippen LogP contribution in [0.5, 0.6) is 0 Å². The summed E-state index contributed by atoms with van der Waals surface area (Å²) in [5.41, 5.74) is 2.12. The first-order valence-electron chi connectivity index (χ1n) is 4.18. The Labute approximate surface area is 70.6 Å². The Kier molecular flexibility index (Phi) is 1.58. The monoisotopic (exact) mass is 167 g/mol. The van der Waals surface area contributed by atoms with Gasteiger partial charge in [0.15, 0.2) is 0 Å². The minimum absolute atomic E-state index is 0.0708. The van der Waals surface area contributed by atoms with E-state index in [0.29, 0.717) is 5.92 Å². The van der Waals surface area contributed by atoms with E-state index in [4.69, 9.17) is 0 Å². The lowest BCUT2D eigenvalue weighted by atomic mass is 9.98. The Hall–Kier alpha value is -1.03. The molecule has 1 aromatic rings. The molecule has 66 valence electrons. The Morgan fingerprint density at radius 3 is 3.00 bits per heavy atom. The average molecular weight is 167 g/mol. The Morgan fingerprint density at radius 1 is 1.58 bits per heavy atom. The van der Waals surface area contributed by atoms with Gasteiger partial charge in [-0.2, -0.15) is 0 Å². The van der Waals surface area contributed by atoms with Crippen molar-refractivity contribution in [3.63, 3.8) is 0 Å². The molecule has 0 bridgehead atoms. The summed E-state index contributed by atoms with van der Waals surface area (Å²) >= 11 is 0. The zero-order chi connectivity index (χ0) is 8.72. The molecule has 0 saturated heterocycles. The van der Waals surface area contributed by atoms with Crippen LogP contribution in [0.15, 0.2) is 4.79 Å². The van der Waals surface area contributed by atoms with Crippen molar-refractivity contribution in [3.05, 3.63) is 21.6 Å². The molecule has 0 fully saturated rings. The summed E-state index contributed by atoms with van der Waals surface area (Å²) in [5.74, 6) is 0.332. The van der Waals surface area contributed by atoms with E-state index in [2.05, 4.69) is 17.3 Å². The topological polar surface area (TPSA) is 49.8 Å². The van der Waals surface area contributed by atoms with Gasteiger partial charge >= 0.3 is 0 Å². The van der Waals surface area contributed by atoms with Crippen molar-refractivity contribution < 1.29 is 0 Å². The van der Waals surface area contributed by atoms with Crippen LogP contribution in [0.3, 0.4) is 0 Å². The van der Waals surface area contributed by atoms with Crippen LogP contribution in [0.4, 0.5) is 0 Å². The highest BCUT2D eigenvalue weighted by atomic mass is 16.1. The molecule has 1 atom stereocenters. The molecule has 1 aromatic heterocycles. The summed E-state index contributed by atoms with van der Waals surface area (Å²) in [6.45, 7) is 3.77. The van der Waals surface area contributed by atoms with Gasteiger partial charge in [-0.3, -0.25) is 14.6 Å². The Bertz CT molecular complexity index is 350. The molecule has 4 nitrogen and oxygen atoms in total. The third-order valence-corrected chi connectivity index (χ3v) is 2.47. The minimum atomic E-state index is 0.0708. The van der Waals surface area contributed by atoms with E-state index in [-0.39, 0.29) is 5.56 Å². The molecular formula is C8H13N3O. The predicted octanol–water partition coefficient (Wildman–Crippen LogP) is -0.0799. The van der Waals surface area contributed by atoms with Crippen molar-refractivity contribution in [1.82, 2.24) is 15.1 Å². The van der Waals surface area contributed by atoms with E-state index in [1.165, 1.54) is 0 Å². The fraction of sp³-hybridized carbons (Fsp3) is 0.625. The largest absolute Gasteiger partial charge is 0.311 e. The van der Waals surface area contributed by atoms with E-state index < -0.39 is 0 Å². The number of fused-ring (bicyclic) bond motifs is 1. The molecule has 0 radical (unpaired) electrons.